The molecule has 0 atom stereocenters. The fraction of sp³-hybridized carbons (Fsp3) is 0.625. The summed E-state index contributed by atoms with van der Waals surface area (Å²) in [6, 6.07) is 4.08. The van der Waals surface area contributed by atoms with Crippen LogP contribution < -0.4 is 14.8 Å². The number of hydrogen-bond donors (Lipinski definition) is 1. The third kappa shape index (κ3) is 2.82. The molecule has 0 amide bonds. The molecule has 110 valence electrons. The minimum absolute atomic E-state index is 0.331. The molecule has 0 saturated heterocycles. The van der Waals surface area contributed by atoms with Gasteiger partial charge in [0.2, 0.25) is 6.79 Å². The van der Waals surface area contributed by atoms with Crippen molar-refractivity contribution in [3.8, 4) is 11.5 Å². The van der Waals surface area contributed by atoms with Crippen LogP contribution in [0.1, 0.15) is 44.6 Å². The summed E-state index contributed by atoms with van der Waals surface area (Å²) >= 11 is 3.62. The second-order valence-corrected chi connectivity index (χ2v) is 6.82. The Hall–Kier alpha value is -0.740. The lowest BCUT2D eigenvalue weighted by Crippen LogP contribution is -2.31. The maximum Gasteiger partial charge on any atom is 0.231 e. The third-order valence-electron chi connectivity index (χ3n) is 4.77. The molecule has 1 aromatic rings. The van der Waals surface area contributed by atoms with Crippen molar-refractivity contribution in [3.63, 3.8) is 0 Å². The van der Waals surface area contributed by atoms with Gasteiger partial charge in [0.1, 0.15) is 0 Å². The van der Waals surface area contributed by atoms with Crippen molar-refractivity contribution < 1.29 is 9.47 Å². The first-order chi connectivity index (χ1) is 9.72. The van der Waals surface area contributed by atoms with Crippen LogP contribution in [0.3, 0.4) is 0 Å². The van der Waals surface area contributed by atoms with Crippen LogP contribution in [0.4, 0.5) is 0 Å². The molecule has 0 spiro atoms. The van der Waals surface area contributed by atoms with Gasteiger partial charge in [0.15, 0.2) is 11.5 Å². The number of rotatable bonds is 5. The zero-order valence-electron chi connectivity index (χ0n) is 12.0. The zero-order chi connectivity index (χ0) is 14.0. The van der Waals surface area contributed by atoms with Gasteiger partial charge in [-0.15, -0.1) is 0 Å². The summed E-state index contributed by atoms with van der Waals surface area (Å²) in [5.74, 6) is 1.69. The van der Waals surface area contributed by atoms with Crippen LogP contribution in [0, 0.1) is 5.41 Å². The summed E-state index contributed by atoms with van der Waals surface area (Å²) in [7, 11) is 0. The lowest BCUT2D eigenvalue weighted by atomic mass is 9.83. The van der Waals surface area contributed by atoms with E-state index in [1.807, 2.05) is 6.07 Å². The van der Waals surface area contributed by atoms with Crippen molar-refractivity contribution >= 4 is 15.9 Å². The predicted molar refractivity (Wildman–Crippen MR) is 83.2 cm³/mol. The highest BCUT2D eigenvalue weighted by molar-refractivity contribution is 9.10. The molecule has 4 heteroatoms. The fourth-order valence-corrected chi connectivity index (χ4v) is 3.80. The number of nitrogens with one attached hydrogen (secondary N) is 1. The summed E-state index contributed by atoms with van der Waals surface area (Å²) < 4.78 is 11.9. The van der Waals surface area contributed by atoms with E-state index in [0.29, 0.717) is 12.2 Å². The molecule has 0 aromatic heterocycles. The van der Waals surface area contributed by atoms with Crippen LogP contribution in [-0.2, 0) is 6.54 Å². The smallest absolute Gasteiger partial charge is 0.231 e. The second-order valence-electron chi connectivity index (χ2n) is 5.96. The quantitative estimate of drug-likeness (QED) is 0.870. The van der Waals surface area contributed by atoms with Crippen LogP contribution in [-0.4, -0.2) is 13.3 Å². The molecule has 2 aliphatic rings. The lowest BCUT2D eigenvalue weighted by molar-refractivity contribution is 0.174. The predicted octanol–water partition coefficient (Wildman–Crippen LogP) is 4.24. The van der Waals surface area contributed by atoms with E-state index in [9.17, 15) is 0 Å². The first-order valence-corrected chi connectivity index (χ1v) is 8.30. The Labute approximate surface area is 129 Å². The molecule has 1 N–H and O–H groups in total. The largest absolute Gasteiger partial charge is 0.454 e. The molecule has 0 unspecified atom stereocenters. The van der Waals surface area contributed by atoms with Crippen molar-refractivity contribution in [1.29, 1.82) is 0 Å². The monoisotopic (exact) mass is 339 g/mol. The van der Waals surface area contributed by atoms with Gasteiger partial charge in [-0.1, -0.05) is 35.7 Å². The first kappa shape index (κ1) is 14.2. The van der Waals surface area contributed by atoms with Crippen LogP contribution in [0.25, 0.3) is 0 Å². The summed E-state index contributed by atoms with van der Waals surface area (Å²) in [5.41, 5.74) is 1.77. The maximum absolute atomic E-state index is 5.44. The van der Waals surface area contributed by atoms with Gasteiger partial charge in [-0.2, -0.15) is 0 Å². The van der Waals surface area contributed by atoms with Crippen LogP contribution >= 0.6 is 15.9 Å². The molecular formula is C16H22BrNO2. The highest BCUT2D eigenvalue weighted by Crippen LogP contribution is 2.40. The van der Waals surface area contributed by atoms with Gasteiger partial charge in [-0.3, -0.25) is 0 Å². The summed E-state index contributed by atoms with van der Waals surface area (Å²) in [6.45, 7) is 4.64. The van der Waals surface area contributed by atoms with Gasteiger partial charge in [0, 0.05) is 17.6 Å². The number of fused-ring (bicyclic) bond motifs is 1. The van der Waals surface area contributed by atoms with Crippen molar-refractivity contribution in [2.45, 2.75) is 45.6 Å². The first-order valence-electron chi connectivity index (χ1n) is 7.51. The van der Waals surface area contributed by atoms with Gasteiger partial charge in [0.25, 0.3) is 0 Å². The Morgan fingerprint density at radius 2 is 1.90 bits per heavy atom. The van der Waals surface area contributed by atoms with E-state index in [2.05, 4.69) is 34.2 Å². The van der Waals surface area contributed by atoms with Gasteiger partial charge >= 0.3 is 0 Å². The van der Waals surface area contributed by atoms with Crippen molar-refractivity contribution in [3.05, 3.63) is 22.2 Å². The molecule has 1 fully saturated rings. The van der Waals surface area contributed by atoms with E-state index < -0.39 is 0 Å². The maximum atomic E-state index is 5.44. The molecule has 0 radical (unpaired) electrons. The van der Waals surface area contributed by atoms with E-state index >= 15 is 0 Å². The van der Waals surface area contributed by atoms with Crippen LogP contribution in [0.15, 0.2) is 16.6 Å². The molecule has 1 saturated carbocycles. The SMILES string of the molecule is CCC1(CNCc2cc3c(cc2Br)OCO3)CCCC1. The average Bonchev–Trinajstić information content (AvgIpc) is 3.08. The Morgan fingerprint density at radius 1 is 1.20 bits per heavy atom. The third-order valence-corrected chi connectivity index (χ3v) is 5.51. The van der Waals surface area contributed by atoms with Gasteiger partial charge in [-0.05, 0) is 42.4 Å². The van der Waals surface area contributed by atoms with Crippen molar-refractivity contribution in [2.24, 2.45) is 5.41 Å². The van der Waals surface area contributed by atoms with Crippen molar-refractivity contribution in [2.75, 3.05) is 13.3 Å². The molecule has 20 heavy (non-hydrogen) atoms. The Morgan fingerprint density at radius 3 is 2.60 bits per heavy atom. The number of ether oxygens (including phenoxy) is 2. The number of benzene rings is 1. The average molecular weight is 340 g/mol. The van der Waals surface area contributed by atoms with Crippen LogP contribution in [0.2, 0.25) is 0 Å². The van der Waals surface area contributed by atoms with E-state index in [-0.39, 0.29) is 0 Å². The molecule has 1 aliphatic carbocycles. The lowest BCUT2D eigenvalue weighted by Gasteiger charge is -2.28. The Bertz CT molecular complexity index is 484. The number of hydrogen-bond acceptors (Lipinski definition) is 3. The summed E-state index contributed by atoms with van der Waals surface area (Å²) in [4.78, 5) is 0. The summed E-state index contributed by atoms with van der Waals surface area (Å²) in [5, 5.41) is 3.64. The van der Waals surface area contributed by atoms with E-state index in [1.54, 1.807) is 0 Å². The molecule has 1 heterocycles. The minimum atomic E-state index is 0.331. The van der Waals surface area contributed by atoms with Crippen LogP contribution in [0.5, 0.6) is 11.5 Å². The van der Waals surface area contributed by atoms with E-state index in [0.717, 1.165) is 29.1 Å². The molecule has 1 aromatic carbocycles. The highest BCUT2D eigenvalue weighted by atomic mass is 79.9. The molecule has 3 nitrogen and oxygen atoms in total. The fourth-order valence-electron chi connectivity index (χ4n) is 3.34. The standard InChI is InChI=1S/C16H22BrNO2/c1-2-16(5-3-4-6-16)10-18-9-12-7-14-15(8-13(12)17)20-11-19-14/h7-8,18H,2-6,9-11H2,1H3. The second kappa shape index (κ2) is 5.94. The van der Waals surface area contributed by atoms with E-state index in [4.69, 9.17) is 9.47 Å². The van der Waals surface area contributed by atoms with Crippen molar-refractivity contribution in [1.82, 2.24) is 5.32 Å². The molecule has 0 bridgehead atoms. The Balaban J connectivity index is 1.61. The molecular weight excluding hydrogens is 318 g/mol. The van der Waals surface area contributed by atoms with Gasteiger partial charge in [0.05, 0.1) is 0 Å². The minimum Gasteiger partial charge on any atom is -0.454 e. The van der Waals surface area contributed by atoms with Gasteiger partial charge < -0.3 is 14.8 Å². The zero-order valence-corrected chi connectivity index (χ0v) is 13.6. The molecule has 1 aliphatic heterocycles. The normalized spacial score (nSPS) is 19.5. The molecule has 3 rings (SSSR count). The number of halogens is 1. The van der Waals surface area contributed by atoms with Gasteiger partial charge in [-0.25, -0.2) is 0 Å². The Kier molecular flexibility index (Phi) is 4.22. The highest BCUT2D eigenvalue weighted by Gasteiger charge is 2.31. The summed E-state index contributed by atoms with van der Waals surface area (Å²) in [6.07, 6.45) is 6.81. The van der Waals surface area contributed by atoms with E-state index in [1.165, 1.54) is 37.7 Å². The topological polar surface area (TPSA) is 30.5 Å².